The molecule has 0 aliphatic heterocycles. The summed E-state index contributed by atoms with van der Waals surface area (Å²) in [6.07, 6.45) is 3.14. The highest BCUT2D eigenvalue weighted by Crippen LogP contribution is 2.20. The van der Waals surface area contributed by atoms with Crippen LogP contribution >= 0.6 is 0 Å². The lowest BCUT2D eigenvalue weighted by molar-refractivity contribution is 0.734. The normalized spacial score (nSPS) is 12.4. The van der Waals surface area contributed by atoms with Gasteiger partial charge in [0.05, 0.1) is 6.54 Å². The van der Waals surface area contributed by atoms with E-state index in [1.807, 2.05) is 12.3 Å². The van der Waals surface area contributed by atoms with Crippen LogP contribution in [0.2, 0.25) is 0 Å². The van der Waals surface area contributed by atoms with Gasteiger partial charge >= 0.3 is 0 Å². The van der Waals surface area contributed by atoms with Gasteiger partial charge in [-0.2, -0.15) is 0 Å². The van der Waals surface area contributed by atoms with Crippen LogP contribution in [0, 0.1) is 0 Å². The average molecular weight is 228 g/mol. The Balaban J connectivity index is 1.94. The maximum absolute atomic E-state index is 3.40. The summed E-state index contributed by atoms with van der Waals surface area (Å²) in [6.45, 7) is 5.33. The van der Waals surface area contributed by atoms with Gasteiger partial charge in [-0.15, -0.1) is 0 Å². The molecule has 0 amide bonds. The number of nitrogens with one attached hydrogen (secondary N) is 2. The Morgan fingerprint density at radius 2 is 1.94 bits per heavy atom. The standard InChI is InChI=1S/C15H20N2/c1-3-12(2)13-6-8-14(9-7-13)17-11-15-5-4-10-16-15/h4-10,12,16-17H,3,11H2,1-2H3. The van der Waals surface area contributed by atoms with E-state index < -0.39 is 0 Å². The van der Waals surface area contributed by atoms with Gasteiger partial charge in [0.15, 0.2) is 0 Å². The van der Waals surface area contributed by atoms with Crippen molar-refractivity contribution in [2.24, 2.45) is 0 Å². The van der Waals surface area contributed by atoms with Crippen molar-refractivity contribution < 1.29 is 0 Å². The summed E-state index contributed by atoms with van der Waals surface area (Å²) in [4.78, 5) is 3.18. The van der Waals surface area contributed by atoms with E-state index in [-0.39, 0.29) is 0 Å². The maximum atomic E-state index is 3.40. The fraction of sp³-hybridized carbons (Fsp3) is 0.333. The second-order valence-electron chi connectivity index (χ2n) is 4.48. The molecule has 0 aliphatic carbocycles. The van der Waals surface area contributed by atoms with Crippen molar-refractivity contribution in [3.63, 3.8) is 0 Å². The SMILES string of the molecule is CCC(C)c1ccc(NCc2ccc[nH]2)cc1. The molecule has 2 N–H and O–H groups in total. The zero-order chi connectivity index (χ0) is 12.1. The van der Waals surface area contributed by atoms with E-state index >= 15 is 0 Å². The smallest absolute Gasteiger partial charge is 0.0551 e. The highest BCUT2D eigenvalue weighted by Gasteiger charge is 2.02. The first kappa shape index (κ1) is 11.8. The first-order chi connectivity index (χ1) is 8.29. The minimum Gasteiger partial charge on any atom is -0.379 e. The van der Waals surface area contributed by atoms with Crippen molar-refractivity contribution in [3.8, 4) is 0 Å². The molecule has 1 aromatic carbocycles. The third-order valence-electron chi connectivity index (χ3n) is 3.24. The van der Waals surface area contributed by atoms with Crippen molar-refractivity contribution in [2.45, 2.75) is 32.7 Å². The van der Waals surface area contributed by atoms with Crippen LogP contribution in [-0.4, -0.2) is 4.98 Å². The van der Waals surface area contributed by atoms with E-state index in [2.05, 4.69) is 54.5 Å². The van der Waals surface area contributed by atoms with Crippen LogP contribution in [0.5, 0.6) is 0 Å². The molecule has 0 saturated carbocycles. The zero-order valence-electron chi connectivity index (χ0n) is 10.5. The molecule has 0 spiro atoms. The van der Waals surface area contributed by atoms with Crippen molar-refractivity contribution in [3.05, 3.63) is 53.9 Å². The number of benzene rings is 1. The lowest BCUT2D eigenvalue weighted by Gasteiger charge is -2.10. The van der Waals surface area contributed by atoms with Crippen LogP contribution in [0.25, 0.3) is 0 Å². The fourth-order valence-electron chi connectivity index (χ4n) is 1.84. The monoisotopic (exact) mass is 228 g/mol. The molecule has 2 rings (SSSR count). The van der Waals surface area contributed by atoms with Gasteiger partial charge in [0.2, 0.25) is 0 Å². The number of rotatable bonds is 5. The maximum Gasteiger partial charge on any atom is 0.0551 e. The van der Waals surface area contributed by atoms with Crippen LogP contribution < -0.4 is 5.32 Å². The van der Waals surface area contributed by atoms with Gasteiger partial charge in [0, 0.05) is 17.6 Å². The van der Waals surface area contributed by atoms with Crippen molar-refractivity contribution in [1.82, 2.24) is 4.98 Å². The largest absolute Gasteiger partial charge is 0.379 e. The van der Waals surface area contributed by atoms with E-state index in [9.17, 15) is 0 Å². The number of aromatic nitrogens is 1. The van der Waals surface area contributed by atoms with E-state index in [0.717, 1.165) is 6.54 Å². The van der Waals surface area contributed by atoms with Gasteiger partial charge in [0.1, 0.15) is 0 Å². The first-order valence-electron chi connectivity index (χ1n) is 6.25. The van der Waals surface area contributed by atoms with E-state index in [1.54, 1.807) is 0 Å². The highest BCUT2D eigenvalue weighted by atomic mass is 14.9. The van der Waals surface area contributed by atoms with Gasteiger partial charge in [-0.05, 0) is 42.2 Å². The molecule has 1 heterocycles. The summed E-state index contributed by atoms with van der Waals surface area (Å²) in [6, 6.07) is 12.8. The molecule has 2 heteroatoms. The topological polar surface area (TPSA) is 27.8 Å². The molecule has 1 unspecified atom stereocenters. The predicted octanol–water partition coefficient (Wildman–Crippen LogP) is 4.14. The first-order valence-corrected chi connectivity index (χ1v) is 6.25. The number of hydrogen-bond donors (Lipinski definition) is 2. The summed E-state index contributed by atoms with van der Waals surface area (Å²) in [5, 5.41) is 3.40. The fourth-order valence-corrected chi connectivity index (χ4v) is 1.84. The molecular weight excluding hydrogens is 208 g/mol. The molecule has 2 nitrogen and oxygen atoms in total. The molecule has 1 atom stereocenters. The molecule has 90 valence electrons. The van der Waals surface area contributed by atoms with Crippen molar-refractivity contribution in [2.75, 3.05) is 5.32 Å². The summed E-state index contributed by atoms with van der Waals surface area (Å²) in [5.74, 6) is 0.646. The second kappa shape index (κ2) is 5.58. The molecule has 0 radical (unpaired) electrons. The van der Waals surface area contributed by atoms with Gasteiger partial charge in [-0.1, -0.05) is 26.0 Å². The van der Waals surface area contributed by atoms with Crippen molar-refractivity contribution in [1.29, 1.82) is 0 Å². The molecule has 0 saturated heterocycles. The van der Waals surface area contributed by atoms with Gasteiger partial charge in [0.25, 0.3) is 0 Å². The van der Waals surface area contributed by atoms with Gasteiger partial charge in [-0.3, -0.25) is 0 Å². The number of H-pyrrole nitrogens is 1. The zero-order valence-corrected chi connectivity index (χ0v) is 10.5. The minimum absolute atomic E-state index is 0.646. The summed E-state index contributed by atoms with van der Waals surface area (Å²) >= 11 is 0. The summed E-state index contributed by atoms with van der Waals surface area (Å²) < 4.78 is 0. The van der Waals surface area contributed by atoms with Crippen LogP contribution in [0.4, 0.5) is 5.69 Å². The Bertz CT molecular complexity index is 428. The minimum atomic E-state index is 0.646. The third kappa shape index (κ3) is 3.13. The summed E-state index contributed by atoms with van der Waals surface area (Å²) in [7, 11) is 0. The molecular formula is C15H20N2. The molecule has 0 aliphatic rings. The van der Waals surface area contributed by atoms with E-state index in [1.165, 1.54) is 23.4 Å². The quantitative estimate of drug-likeness (QED) is 0.791. The van der Waals surface area contributed by atoms with Gasteiger partial charge in [-0.25, -0.2) is 0 Å². The molecule has 0 fully saturated rings. The number of anilines is 1. The Morgan fingerprint density at radius 1 is 1.18 bits per heavy atom. The van der Waals surface area contributed by atoms with Crippen molar-refractivity contribution >= 4 is 5.69 Å². The van der Waals surface area contributed by atoms with E-state index in [0.29, 0.717) is 5.92 Å². The second-order valence-corrected chi connectivity index (χ2v) is 4.48. The summed E-state index contributed by atoms with van der Waals surface area (Å²) in [5.41, 5.74) is 3.79. The predicted molar refractivity (Wildman–Crippen MR) is 73.3 cm³/mol. The molecule has 1 aromatic heterocycles. The lowest BCUT2D eigenvalue weighted by Crippen LogP contribution is -2.00. The average Bonchev–Trinajstić information content (AvgIpc) is 2.89. The lowest BCUT2D eigenvalue weighted by atomic mass is 9.99. The van der Waals surface area contributed by atoms with Gasteiger partial charge < -0.3 is 10.3 Å². The Labute approximate surface area is 103 Å². The Hall–Kier alpha value is -1.70. The molecule has 0 bridgehead atoms. The van der Waals surface area contributed by atoms with Crippen LogP contribution in [-0.2, 0) is 6.54 Å². The molecule has 17 heavy (non-hydrogen) atoms. The van der Waals surface area contributed by atoms with E-state index in [4.69, 9.17) is 0 Å². The van der Waals surface area contributed by atoms with Crippen LogP contribution in [0.15, 0.2) is 42.6 Å². The third-order valence-corrected chi connectivity index (χ3v) is 3.24. The molecule has 2 aromatic rings. The van der Waals surface area contributed by atoms with Crippen LogP contribution in [0.3, 0.4) is 0 Å². The Kier molecular flexibility index (Phi) is 3.86. The van der Waals surface area contributed by atoms with Crippen LogP contribution in [0.1, 0.15) is 37.4 Å². The highest BCUT2D eigenvalue weighted by molar-refractivity contribution is 5.45. The Morgan fingerprint density at radius 3 is 2.53 bits per heavy atom. The number of aromatic amines is 1. The number of hydrogen-bond acceptors (Lipinski definition) is 1.